The number of anilines is 1. The number of carbonyl (C=O) groups is 1. The molecule has 2 saturated heterocycles. The Kier molecular flexibility index (Phi) is 7.96. The van der Waals surface area contributed by atoms with Crippen LogP contribution in [0.25, 0.3) is 11.2 Å². The molecule has 14 heteroatoms. The minimum Gasteiger partial charge on any atom is -0.455 e. The summed E-state index contributed by atoms with van der Waals surface area (Å²) in [6, 6.07) is 0. The molecule has 2 aliphatic rings. The van der Waals surface area contributed by atoms with E-state index in [1.54, 1.807) is 4.57 Å². The lowest BCUT2D eigenvalue weighted by atomic mass is 10.1. The first-order valence-corrected chi connectivity index (χ1v) is 17.2. The second-order valence-electron chi connectivity index (χ2n) is 11.5. The second-order valence-corrected chi connectivity index (χ2v) is 20.3. The Morgan fingerprint density at radius 2 is 1.71 bits per heavy atom. The zero-order chi connectivity index (χ0) is 28.2. The lowest BCUT2D eigenvalue weighted by Gasteiger charge is -2.51. The van der Waals surface area contributed by atoms with E-state index in [9.17, 15) is 9.59 Å². The monoisotopic (exact) mass is 567 g/mol. The molecule has 38 heavy (non-hydrogen) atoms. The van der Waals surface area contributed by atoms with Crippen LogP contribution in [0.5, 0.6) is 0 Å². The summed E-state index contributed by atoms with van der Waals surface area (Å²) < 4.78 is 35.1. The Hall–Kier alpha value is -2.11. The predicted octanol–water partition coefficient (Wildman–Crippen LogP) is 3.49. The number of nitrogen functional groups attached to an aromatic ring is 1. The molecule has 212 valence electrons. The molecule has 0 unspecified atom stereocenters. The number of esters is 1. The molecule has 3 N–H and O–H groups in total. The maximum absolute atomic E-state index is 12.4. The van der Waals surface area contributed by atoms with Crippen LogP contribution in [0.1, 0.15) is 68.5 Å². The van der Waals surface area contributed by atoms with Gasteiger partial charge in [-0.2, -0.15) is 4.98 Å². The lowest BCUT2D eigenvalue weighted by Crippen LogP contribution is -2.66. The molecular weight excluding hydrogens is 526 g/mol. The van der Waals surface area contributed by atoms with Crippen LogP contribution in [0.2, 0.25) is 22.2 Å². The molecule has 0 saturated carbocycles. The molecule has 2 aromatic rings. The van der Waals surface area contributed by atoms with Crippen molar-refractivity contribution in [1.82, 2.24) is 19.5 Å². The molecule has 4 rings (SSSR count). The van der Waals surface area contributed by atoms with Crippen LogP contribution in [0.3, 0.4) is 0 Å². The van der Waals surface area contributed by atoms with Gasteiger partial charge in [-0.15, -0.1) is 0 Å². The Labute approximate surface area is 225 Å². The van der Waals surface area contributed by atoms with E-state index >= 15 is 0 Å². The largest absolute Gasteiger partial charge is 0.455 e. The molecule has 0 aromatic carbocycles. The van der Waals surface area contributed by atoms with Crippen molar-refractivity contribution >= 4 is 40.2 Å². The Balaban J connectivity index is 1.86. The van der Waals surface area contributed by atoms with Crippen LogP contribution >= 0.6 is 0 Å². The number of aromatic nitrogens is 4. The first-order valence-electron chi connectivity index (χ1n) is 13.3. The maximum atomic E-state index is 12.4. The van der Waals surface area contributed by atoms with Gasteiger partial charge in [-0.3, -0.25) is 19.1 Å². The van der Waals surface area contributed by atoms with Crippen LogP contribution in [-0.4, -0.2) is 67.5 Å². The fourth-order valence-electron chi connectivity index (χ4n) is 5.79. The topological polar surface area (TPSA) is 153 Å². The number of H-pyrrole nitrogens is 1. The van der Waals surface area contributed by atoms with Gasteiger partial charge in [0.1, 0.15) is 12.2 Å². The highest BCUT2D eigenvalue weighted by molar-refractivity contribution is 6.84. The SMILES string of the molecule is CC(=O)O[C@H]1[C@@H]2O[Si](C(C)C)(C(C)C)O[Si](C(C)C)(C(C)C)OC[C@H]2O[C@H]1n1cnc2c(=O)[nH]c(N)nc21. The Morgan fingerprint density at radius 3 is 2.26 bits per heavy atom. The molecular formula is C24H41N5O7Si2. The number of imidazole rings is 1. The van der Waals surface area contributed by atoms with Gasteiger partial charge in [0.05, 0.1) is 12.9 Å². The average molecular weight is 568 g/mol. The van der Waals surface area contributed by atoms with Gasteiger partial charge in [-0.1, -0.05) is 55.4 Å². The first kappa shape index (κ1) is 28.9. The summed E-state index contributed by atoms with van der Waals surface area (Å²) >= 11 is 0. The van der Waals surface area contributed by atoms with Gasteiger partial charge in [-0.05, 0) is 22.2 Å². The van der Waals surface area contributed by atoms with E-state index in [4.69, 9.17) is 28.2 Å². The quantitative estimate of drug-likeness (QED) is 0.392. The number of ether oxygens (including phenoxy) is 2. The van der Waals surface area contributed by atoms with Crippen LogP contribution in [0.15, 0.2) is 11.1 Å². The highest BCUT2D eigenvalue weighted by Crippen LogP contribution is 2.49. The highest BCUT2D eigenvalue weighted by atomic mass is 28.5. The summed E-state index contributed by atoms with van der Waals surface area (Å²) in [7, 11) is -5.78. The average Bonchev–Trinajstić information content (AvgIpc) is 3.34. The molecule has 4 heterocycles. The van der Waals surface area contributed by atoms with Crippen LogP contribution in [0, 0.1) is 0 Å². The van der Waals surface area contributed by atoms with Crippen molar-refractivity contribution in [2.24, 2.45) is 0 Å². The minimum atomic E-state index is -3.00. The lowest BCUT2D eigenvalue weighted by molar-refractivity contribution is -0.155. The van der Waals surface area contributed by atoms with Gasteiger partial charge >= 0.3 is 23.1 Å². The van der Waals surface area contributed by atoms with Crippen molar-refractivity contribution in [1.29, 1.82) is 0 Å². The number of carbonyl (C=O) groups excluding carboxylic acids is 1. The molecule has 12 nitrogen and oxygen atoms in total. The van der Waals surface area contributed by atoms with Crippen molar-refractivity contribution in [2.75, 3.05) is 12.3 Å². The van der Waals surface area contributed by atoms with Crippen LogP contribution in [0.4, 0.5) is 5.95 Å². The van der Waals surface area contributed by atoms with Gasteiger partial charge in [0.25, 0.3) is 5.56 Å². The zero-order valence-corrected chi connectivity index (χ0v) is 25.7. The number of fused-ring (bicyclic) bond motifs is 2. The summed E-state index contributed by atoms with van der Waals surface area (Å²) in [6.07, 6.45) is -1.50. The van der Waals surface area contributed by atoms with E-state index < -0.39 is 53.2 Å². The van der Waals surface area contributed by atoms with Crippen molar-refractivity contribution in [3.8, 4) is 0 Å². The van der Waals surface area contributed by atoms with Gasteiger partial charge in [0.2, 0.25) is 5.95 Å². The third-order valence-electron chi connectivity index (χ3n) is 7.64. The molecule has 2 aromatic heterocycles. The van der Waals surface area contributed by atoms with Crippen molar-refractivity contribution in [3.63, 3.8) is 0 Å². The second kappa shape index (κ2) is 10.5. The summed E-state index contributed by atoms with van der Waals surface area (Å²) in [5.74, 6) is -0.540. The molecule has 4 atom stereocenters. The Bertz CT molecular complexity index is 1210. The van der Waals surface area contributed by atoms with E-state index in [0.717, 1.165) is 0 Å². The van der Waals surface area contributed by atoms with Gasteiger partial charge < -0.3 is 28.2 Å². The molecule has 0 radical (unpaired) electrons. The van der Waals surface area contributed by atoms with Crippen LogP contribution in [-0.2, 0) is 27.2 Å². The smallest absolute Gasteiger partial charge is 0.335 e. The molecule has 0 amide bonds. The summed E-state index contributed by atoms with van der Waals surface area (Å²) in [6.45, 7) is 18.7. The van der Waals surface area contributed by atoms with Crippen molar-refractivity contribution in [3.05, 3.63) is 16.7 Å². The predicted molar refractivity (Wildman–Crippen MR) is 146 cm³/mol. The fourth-order valence-corrected chi connectivity index (χ4v) is 17.0. The summed E-state index contributed by atoms with van der Waals surface area (Å²) in [4.78, 5) is 35.7. The van der Waals surface area contributed by atoms with Gasteiger partial charge in [0, 0.05) is 6.92 Å². The van der Waals surface area contributed by atoms with E-state index in [1.165, 1.54) is 13.3 Å². The normalized spacial score (nSPS) is 27.2. The van der Waals surface area contributed by atoms with Crippen molar-refractivity contribution < 1.29 is 27.2 Å². The molecule has 2 aliphatic heterocycles. The van der Waals surface area contributed by atoms with Crippen LogP contribution < -0.4 is 11.3 Å². The van der Waals surface area contributed by atoms with Gasteiger partial charge in [-0.25, -0.2) is 4.98 Å². The number of rotatable bonds is 6. The number of hydrogen-bond donors (Lipinski definition) is 2. The van der Waals surface area contributed by atoms with E-state index in [-0.39, 0.29) is 45.9 Å². The van der Waals surface area contributed by atoms with E-state index in [0.29, 0.717) is 0 Å². The summed E-state index contributed by atoms with van der Waals surface area (Å²) in [5, 5.41) is 0. The zero-order valence-electron chi connectivity index (χ0n) is 23.7. The number of aromatic amines is 1. The molecule has 2 fully saturated rings. The fraction of sp³-hybridized carbons (Fsp3) is 0.750. The highest BCUT2D eigenvalue weighted by Gasteiger charge is 2.62. The third-order valence-corrected chi connectivity index (χ3v) is 17.9. The number of nitrogens with two attached hydrogens (primary N) is 1. The number of hydrogen-bond acceptors (Lipinski definition) is 10. The third kappa shape index (κ3) is 4.75. The van der Waals surface area contributed by atoms with Crippen molar-refractivity contribution in [2.45, 2.75) is 109 Å². The van der Waals surface area contributed by atoms with E-state index in [1.807, 2.05) is 0 Å². The summed E-state index contributed by atoms with van der Waals surface area (Å²) in [5.41, 5.74) is 6.20. The minimum absolute atomic E-state index is 0.0547. The molecule has 0 spiro atoms. The van der Waals surface area contributed by atoms with E-state index in [2.05, 4.69) is 70.3 Å². The number of nitrogens with one attached hydrogen (secondary N) is 1. The molecule has 0 aliphatic carbocycles. The van der Waals surface area contributed by atoms with Gasteiger partial charge in [0.15, 0.2) is 23.5 Å². The standard InChI is InChI=1S/C24H41N5O7Si2/c1-12(2)37(13(3)4)32-10-17-19(35-38(36-37,14(5)6)15(7)8)20(33-16(9)30)23(34-17)29-11-26-18-21(29)27-24(25)28-22(18)31/h11-15,17,19-20,23H,10H2,1-9H3,(H3,25,27,28,31)/t17-,19-,20+,23-/m1/s1. The maximum Gasteiger partial charge on any atom is 0.335 e. The Morgan fingerprint density at radius 1 is 1.11 bits per heavy atom. The number of nitrogens with zero attached hydrogens (tertiary/aromatic N) is 3. The molecule has 0 bridgehead atoms. The first-order chi connectivity index (χ1) is 17.7.